The van der Waals surface area contributed by atoms with Crippen molar-refractivity contribution in [3.63, 3.8) is 0 Å². The van der Waals surface area contributed by atoms with Gasteiger partial charge < -0.3 is 4.57 Å². The van der Waals surface area contributed by atoms with E-state index in [0.29, 0.717) is 0 Å². The normalized spacial score (nSPS) is 11.4. The molecule has 0 aliphatic heterocycles. The summed E-state index contributed by atoms with van der Waals surface area (Å²) in [6.07, 6.45) is 2.94. The highest BCUT2D eigenvalue weighted by Crippen LogP contribution is 2.25. The van der Waals surface area contributed by atoms with Gasteiger partial charge in [-0.3, -0.25) is 4.99 Å². The zero-order valence-electron chi connectivity index (χ0n) is 15.2. The third-order valence-electron chi connectivity index (χ3n) is 4.59. The topological polar surface area (TPSA) is 17.3 Å². The Balaban J connectivity index is 1.99. The molecule has 3 rings (SSSR count). The van der Waals surface area contributed by atoms with Gasteiger partial charge in [0.2, 0.25) is 0 Å². The van der Waals surface area contributed by atoms with Crippen molar-refractivity contribution in [3.8, 4) is 5.69 Å². The van der Waals surface area contributed by atoms with Crippen molar-refractivity contribution in [2.24, 2.45) is 4.99 Å². The first-order chi connectivity index (χ1) is 12.0. The minimum Gasteiger partial charge on any atom is -0.318 e. The molecule has 25 heavy (non-hydrogen) atoms. The fourth-order valence-electron chi connectivity index (χ4n) is 3.12. The van der Waals surface area contributed by atoms with E-state index < -0.39 is 0 Å². The van der Waals surface area contributed by atoms with Crippen LogP contribution in [0.4, 0.5) is 5.69 Å². The van der Waals surface area contributed by atoms with E-state index in [4.69, 9.17) is 11.6 Å². The smallest absolute Gasteiger partial charge is 0.0644 e. The van der Waals surface area contributed by atoms with E-state index >= 15 is 0 Å². The summed E-state index contributed by atoms with van der Waals surface area (Å²) in [6.45, 7) is 8.47. The maximum atomic E-state index is 6.19. The SMILES string of the molecule is CCc1ccccc1-n1c(C)cc(C=Nc2ccc(C)c(Cl)c2)c1C. The summed E-state index contributed by atoms with van der Waals surface area (Å²) in [7, 11) is 0. The van der Waals surface area contributed by atoms with Gasteiger partial charge in [-0.25, -0.2) is 0 Å². The van der Waals surface area contributed by atoms with E-state index in [1.54, 1.807) is 0 Å². The van der Waals surface area contributed by atoms with Crippen LogP contribution in [0.3, 0.4) is 0 Å². The molecule has 0 amide bonds. The first-order valence-electron chi connectivity index (χ1n) is 8.58. The number of hydrogen-bond acceptors (Lipinski definition) is 1. The van der Waals surface area contributed by atoms with Crippen molar-refractivity contribution in [3.05, 3.63) is 81.6 Å². The molecular formula is C22H23ClN2. The summed E-state index contributed by atoms with van der Waals surface area (Å²) < 4.78 is 2.31. The summed E-state index contributed by atoms with van der Waals surface area (Å²) in [5.74, 6) is 0. The van der Waals surface area contributed by atoms with Crippen LogP contribution >= 0.6 is 11.6 Å². The van der Waals surface area contributed by atoms with E-state index in [-0.39, 0.29) is 0 Å². The van der Waals surface area contributed by atoms with Gasteiger partial charge in [-0.2, -0.15) is 0 Å². The highest BCUT2D eigenvalue weighted by Gasteiger charge is 2.11. The maximum absolute atomic E-state index is 6.19. The molecule has 1 heterocycles. The van der Waals surface area contributed by atoms with E-state index in [2.05, 4.69) is 60.7 Å². The van der Waals surface area contributed by atoms with E-state index in [0.717, 1.165) is 28.3 Å². The monoisotopic (exact) mass is 350 g/mol. The second-order valence-electron chi connectivity index (χ2n) is 6.34. The third-order valence-corrected chi connectivity index (χ3v) is 5.00. The van der Waals surface area contributed by atoms with Crippen LogP contribution in [0.1, 0.15) is 35.0 Å². The molecule has 0 fully saturated rings. The van der Waals surface area contributed by atoms with Crippen molar-refractivity contribution in [2.75, 3.05) is 0 Å². The highest BCUT2D eigenvalue weighted by atomic mass is 35.5. The largest absolute Gasteiger partial charge is 0.318 e. The number of aryl methyl sites for hydroxylation is 3. The Morgan fingerprint density at radius 1 is 1.04 bits per heavy atom. The Hall–Kier alpha value is -2.32. The molecule has 0 spiro atoms. The summed E-state index contributed by atoms with van der Waals surface area (Å²) in [6, 6.07) is 16.6. The molecule has 0 N–H and O–H groups in total. The number of rotatable bonds is 4. The molecule has 1 aromatic heterocycles. The number of aliphatic imine (C=N–C) groups is 1. The minimum absolute atomic E-state index is 0.747. The average molecular weight is 351 g/mol. The van der Waals surface area contributed by atoms with Gasteiger partial charge in [0.1, 0.15) is 0 Å². The van der Waals surface area contributed by atoms with Crippen LogP contribution in [-0.4, -0.2) is 10.8 Å². The Morgan fingerprint density at radius 3 is 2.52 bits per heavy atom. The molecule has 2 nitrogen and oxygen atoms in total. The Kier molecular flexibility index (Phi) is 5.10. The quantitative estimate of drug-likeness (QED) is 0.486. The van der Waals surface area contributed by atoms with E-state index in [1.165, 1.54) is 22.6 Å². The van der Waals surface area contributed by atoms with E-state index in [1.807, 2.05) is 31.3 Å². The molecule has 0 atom stereocenters. The number of para-hydroxylation sites is 1. The lowest BCUT2D eigenvalue weighted by atomic mass is 10.1. The standard InChI is InChI=1S/C22H23ClN2/c1-5-18-8-6-7-9-22(18)25-16(3)12-19(17(25)4)14-24-20-11-10-15(2)21(23)13-20/h6-14H,5H2,1-4H3. The van der Waals surface area contributed by atoms with Gasteiger partial charge in [-0.15, -0.1) is 0 Å². The van der Waals surface area contributed by atoms with Crippen LogP contribution in [0.25, 0.3) is 5.69 Å². The summed E-state index contributed by atoms with van der Waals surface area (Å²) >= 11 is 6.19. The fourth-order valence-corrected chi connectivity index (χ4v) is 3.30. The highest BCUT2D eigenvalue weighted by molar-refractivity contribution is 6.31. The molecule has 0 unspecified atom stereocenters. The van der Waals surface area contributed by atoms with Gasteiger partial charge in [0.15, 0.2) is 0 Å². The van der Waals surface area contributed by atoms with Gasteiger partial charge in [-0.05, 0) is 62.6 Å². The number of nitrogens with zero attached hydrogens (tertiary/aromatic N) is 2. The molecule has 0 radical (unpaired) electrons. The van der Waals surface area contributed by atoms with Crippen LogP contribution in [0, 0.1) is 20.8 Å². The summed E-state index contributed by atoms with van der Waals surface area (Å²) in [5.41, 5.74) is 8.06. The van der Waals surface area contributed by atoms with Gasteiger partial charge in [0.25, 0.3) is 0 Å². The zero-order chi connectivity index (χ0) is 18.0. The van der Waals surface area contributed by atoms with Crippen LogP contribution in [0.15, 0.2) is 53.5 Å². The lowest BCUT2D eigenvalue weighted by Crippen LogP contribution is -2.03. The molecule has 0 bridgehead atoms. The lowest BCUT2D eigenvalue weighted by molar-refractivity contribution is 0.937. The molecular weight excluding hydrogens is 328 g/mol. The molecule has 0 aliphatic carbocycles. The van der Waals surface area contributed by atoms with Crippen molar-refractivity contribution < 1.29 is 0 Å². The minimum atomic E-state index is 0.747. The maximum Gasteiger partial charge on any atom is 0.0644 e. The Morgan fingerprint density at radius 2 is 1.80 bits per heavy atom. The molecule has 3 heteroatoms. The summed E-state index contributed by atoms with van der Waals surface area (Å²) in [4.78, 5) is 4.61. The van der Waals surface area contributed by atoms with Crippen molar-refractivity contribution in [1.29, 1.82) is 0 Å². The van der Waals surface area contributed by atoms with Gasteiger partial charge in [0.05, 0.1) is 5.69 Å². The second-order valence-corrected chi connectivity index (χ2v) is 6.74. The average Bonchev–Trinajstić information content (AvgIpc) is 2.89. The number of aromatic nitrogens is 1. The van der Waals surface area contributed by atoms with Gasteiger partial charge in [0, 0.05) is 33.9 Å². The van der Waals surface area contributed by atoms with Crippen LogP contribution in [0.2, 0.25) is 5.02 Å². The van der Waals surface area contributed by atoms with Crippen molar-refractivity contribution in [1.82, 2.24) is 4.57 Å². The lowest BCUT2D eigenvalue weighted by Gasteiger charge is -2.13. The summed E-state index contributed by atoms with van der Waals surface area (Å²) in [5, 5.41) is 0.747. The van der Waals surface area contributed by atoms with Crippen LogP contribution in [-0.2, 0) is 6.42 Å². The number of halogens is 1. The first-order valence-corrected chi connectivity index (χ1v) is 8.96. The van der Waals surface area contributed by atoms with Crippen LogP contribution < -0.4 is 0 Å². The van der Waals surface area contributed by atoms with Crippen LogP contribution in [0.5, 0.6) is 0 Å². The van der Waals surface area contributed by atoms with Gasteiger partial charge in [-0.1, -0.05) is 42.8 Å². The number of hydrogen-bond donors (Lipinski definition) is 0. The van der Waals surface area contributed by atoms with E-state index in [9.17, 15) is 0 Å². The first kappa shape index (κ1) is 17.5. The fraction of sp³-hybridized carbons (Fsp3) is 0.227. The zero-order valence-corrected chi connectivity index (χ0v) is 15.9. The molecule has 2 aromatic carbocycles. The van der Waals surface area contributed by atoms with Gasteiger partial charge >= 0.3 is 0 Å². The second kappa shape index (κ2) is 7.28. The molecule has 128 valence electrons. The van der Waals surface area contributed by atoms with Crippen molar-refractivity contribution >= 4 is 23.5 Å². The predicted octanol–water partition coefficient (Wildman–Crippen LogP) is 6.37. The van der Waals surface area contributed by atoms with Crippen molar-refractivity contribution in [2.45, 2.75) is 34.1 Å². The molecule has 3 aromatic rings. The Labute approximate surface area is 154 Å². The molecule has 0 saturated carbocycles. The Bertz CT molecular complexity index is 935. The third kappa shape index (κ3) is 3.54. The predicted molar refractivity (Wildman–Crippen MR) is 108 cm³/mol. The molecule has 0 saturated heterocycles. The number of benzene rings is 2. The molecule has 0 aliphatic rings.